The second-order valence-corrected chi connectivity index (χ2v) is 9.05. The van der Waals surface area contributed by atoms with Gasteiger partial charge in [0.05, 0.1) is 0 Å². The molecule has 2 unspecified atom stereocenters. The summed E-state index contributed by atoms with van der Waals surface area (Å²) in [6, 6.07) is 2.29. The zero-order valence-corrected chi connectivity index (χ0v) is 15.6. The summed E-state index contributed by atoms with van der Waals surface area (Å²) in [4.78, 5) is 2.89. The van der Waals surface area contributed by atoms with Crippen molar-refractivity contribution in [2.45, 2.75) is 83.2 Å². The molecule has 2 aliphatic rings. The molecule has 21 heavy (non-hydrogen) atoms. The number of thioether (sulfide) groups is 1. The highest BCUT2D eigenvalue weighted by Gasteiger charge is 2.36. The van der Waals surface area contributed by atoms with Crippen LogP contribution in [0.5, 0.6) is 0 Å². The Morgan fingerprint density at radius 3 is 2.29 bits per heavy atom. The van der Waals surface area contributed by atoms with Gasteiger partial charge in [0, 0.05) is 36.5 Å². The number of nitrogens with zero attached hydrogens (tertiary/aromatic N) is 1. The maximum atomic E-state index is 3.83. The van der Waals surface area contributed by atoms with Gasteiger partial charge < -0.3 is 5.32 Å². The van der Waals surface area contributed by atoms with E-state index in [0.29, 0.717) is 6.04 Å². The van der Waals surface area contributed by atoms with E-state index < -0.39 is 0 Å². The molecule has 0 amide bonds. The SMILES string of the molecule is CSC1CCC(N2CC(CC(C)C)NCC2C(C)C)CC1. The highest BCUT2D eigenvalue weighted by molar-refractivity contribution is 7.99. The van der Waals surface area contributed by atoms with Crippen LogP contribution in [0.1, 0.15) is 59.8 Å². The Hall–Kier alpha value is 0.270. The molecule has 0 aromatic carbocycles. The summed E-state index contributed by atoms with van der Waals surface area (Å²) >= 11 is 2.08. The van der Waals surface area contributed by atoms with Gasteiger partial charge in [-0.3, -0.25) is 4.90 Å². The lowest BCUT2D eigenvalue weighted by Gasteiger charge is -2.48. The Kier molecular flexibility index (Phi) is 6.89. The molecule has 1 N–H and O–H groups in total. The summed E-state index contributed by atoms with van der Waals surface area (Å²) in [5, 5.41) is 4.75. The second-order valence-electron chi connectivity index (χ2n) is 7.91. The van der Waals surface area contributed by atoms with Gasteiger partial charge in [0.15, 0.2) is 0 Å². The fraction of sp³-hybridized carbons (Fsp3) is 1.00. The van der Waals surface area contributed by atoms with Crippen molar-refractivity contribution in [1.29, 1.82) is 0 Å². The molecular weight excluding hydrogens is 276 g/mol. The Morgan fingerprint density at radius 1 is 1.10 bits per heavy atom. The summed E-state index contributed by atoms with van der Waals surface area (Å²) in [6.07, 6.45) is 9.30. The zero-order valence-electron chi connectivity index (χ0n) is 14.8. The van der Waals surface area contributed by atoms with Crippen LogP contribution in [-0.2, 0) is 0 Å². The number of nitrogens with one attached hydrogen (secondary N) is 1. The lowest BCUT2D eigenvalue weighted by atomic mass is 9.88. The maximum Gasteiger partial charge on any atom is 0.0247 e. The first-order chi connectivity index (χ1) is 10.0. The average molecular weight is 313 g/mol. The van der Waals surface area contributed by atoms with Crippen molar-refractivity contribution < 1.29 is 0 Å². The van der Waals surface area contributed by atoms with Crippen molar-refractivity contribution in [2.75, 3.05) is 19.3 Å². The molecule has 1 heterocycles. The van der Waals surface area contributed by atoms with Crippen molar-refractivity contribution in [3.8, 4) is 0 Å². The summed E-state index contributed by atoms with van der Waals surface area (Å²) in [6.45, 7) is 12.0. The van der Waals surface area contributed by atoms with Gasteiger partial charge in [-0.2, -0.15) is 11.8 Å². The van der Waals surface area contributed by atoms with Crippen molar-refractivity contribution >= 4 is 11.8 Å². The van der Waals surface area contributed by atoms with Crippen LogP contribution in [-0.4, -0.2) is 47.6 Å². The van der Waals surface area contributed by atoms with Crippen LogP contribution in [0.4, 0.5) is 0 Å². The minimum atomic E-state index is 0.707. The summed E-state index contributed by atoms with van der Waals surface area (Å²) < 4.78 is 0. The van der Waals surface area contributed by atoms with E-state index in [2.05, 4.69) is 55.9 Å². The van der Waals surface area contributed by atoms with Crippen LogP contribution in [0.15, 0.2) is 0 Å². The van der Waals surface area contributed by atoms with Crippen LogP contribution >= 0.6 is 11.8 Å². The van der Waals surface area contributed by atoms with Gasteiger partial charge in [-0.1, -0.05) is 27.7 Å². The van der Waals surface area contributed by atoms with Gasteiger partial charge in [0.1, 0.15) is 0 Å². The molecule has 0 bridgehead atoms. The van der Waals surface area contributed by atoms with Crippen molar-refractivity contribution in [3.05, 3.63) is 0 Å². The first kappa shape index (κ1) is 17.6. The fourth-order valence-electron chi connectivity index (χ4n) is 4.24. The summed E-state index contributed by atoms with van der Waals surface area (Å²) in [5.41, 5.74) is 0. The molecule has 1 saturated carbocycles. The predicted molar refractivity (Wildman–Crippen MR) is 96.1 cm³/mol. The largest absolute Gasteiger partial charge is 0.311 e. The van der Waals surface area contributed by atoms with Crippen LogP contribution in [0.2, 0.25) is 0 Å². The van der Waals surface area contributed by atoms with E-state index in [9.17, 15) is 0 Å². The van der Waals surface area contributed by atoms with E-state index in [1.807, 2.05) is 0 Å². The highest BCUT2D eigenvalue weighted by atomic mass is 32.2. The molecule has 0 radical (unpaired) electrons. The third kappa shape index (κ3) is 4.87. The van der Waals surface area contributed by atoms with Crippen molar-refractivity contribution in [3.63, 3.8) is 0 Å². The number of piperazine rings is 1. The molecule has 124 valence electrons. The lowest BCUT2D eigenvalue weighted by Crippen LogP contribution is -2.61. The molecule has 2 fully saturated rings. The van der Waals surface area contributed by atoms with Crippen LogP contribution in [0.25, 0.3) is 0 Å². The normalized spacial score (nSPS) is 35.6. The Balaban J connectivity index is 1.97. The maximum absolute atomic E-state index is 3.83. The van der Waals surface area contributed by atoms with Gasteiger partial charge in [0.25, 0.3) is 0 Å². The summed E-state index contributed by atoms with van der Waals surface area (Å²) in [5.74, 6) is 1.56. The highest BCUT2D eigenvalue weighted by Crippen LogP contribution is 2.32. The zero-order chi connectivity index (χ0) is 15.4. The second kappa shape index (κ2) is 8.21. The molecule has 2 atom stereocenters. The predicted octanol–water partition coefficient (Wildman–Crippen LogP) is 4.01. The first-order valence-corrected chi connectivity index (χ1v) is 10.3. The topological polar surface area (TPSA) is 15.3 Å². The first-order valence-electron chi connectivity index (χ1n) is 9.03. The lowest BCUT2D eigenvalue weighted by molar-refractivity contribution is 0.0361. The number of hydrogen-bond acceptors (Lipinski definition) is 3. The van der Waals surface area contributed by atoms with Gasteiger partial charge in [-0.15, -0.1) is 0 Å². The number of hydrogen-bond donors (Lipinski definition) is 1. The average Bonchev–Trinajstić information content (AvgIpc) is 2.46. The number of rotatable bonds is 5. The van der Waals surface area contributed by atoms with Crippen molar-refractivity contribution in [1.82, 2.24) is 10.2 Å². The third-order valence-electron chi connectivity index (χ3n) is 5.44. The molecule has 1 aliphatic heterocycles. The van der Waals surface area contributed by atoms with E-state index >= 15 is 0 Å². The van der Waals surface area contributed by atoms with Gasteiger partial charge >= 0.3 is 0 Å². The van der Waals surface area contributed by atoms with Gasteiger partial charge in [-0.05, 0) is 50.2 Å². The molecule has 3 heteroatoms. The molecule has 1 aliphatic carbocycles. The van der Waals surface area contributed by atoms with E-state index in [1.54, 1.807) is 0 Å². The Bertz CT molecular complexity index is 298. The van der Waals surface area contributed by atoms with E-state index in [0.717, 1.165) is 29.2 Å². The minimum absolute atomic E-state index is 0.707. The molecule has 2 nitrogen and oxygen atoms in total. The standard InChI is InChI=1S/C18H36N2S/c1-13(2)10-15-12-20(18(11-19-15)14(3)4)16-6-8-17(21-5)9-7-16/h13-19H,6-12H2,1-5H3. The molecule has 1 saturated heterocycles. The van der Waals surface area contributed by atoms with Crippen LogP contribution in [0.3, 0.4) is 0 Å². The monoisotopic (exact) mass is 312 g/mol. The van der Waals surface area contributed by atoms with E-state index in [4.69, 9.17) is 0 Å². The van der Waals surface area contributed by atoms with E-state index in [-0.39, 0.29) is 0 Å². The van der Waals surface area contributed by atoms with E-state index in [1.165, 1.54) is 45.2 Å². The molecule has 0 spiro atoms. The van der Waals surface area contributed by atoms with Gasteiger partial charge in [-0.25, -0.2) is 0 Å². The molecule has 0 aromatic rings. The van der Waals surface area contributed by atoms with Crippen LogP contribution in [0, 0.1) is 11.8 Å². The van der Waals surface area contributed by atoms with Crippen molar-refractivity contribution in [2.24, 2.45) is 11.8 Å². The van der Waals surface area contributed by atoms with Crippen LogP contribution < -0.4 is 5.32 Å². The van der Waals surface area contributed by atoms with Gasteiger partial charge in [0.2, 0.25) is 0 Å². The Labute approximate surface area is 136 Å². The fourth-order valence-corrected chi connectivity index (χ4v) is 4.98. The smallest absolute Gasteiger partial charge is 0.0247 e. The summed E-state index contributed by atoms with van der Waals surface area (Å²) in [7, 11) is 0. The quantitative estimate of drug-likeness (QED) is 0.826. The Morgan fingerprint density at radius 2 is 1.76 bits per heavy atom. The molecule has 2 rings (SSSR count). The molecule has 0 aromatic heterocycles. The molecular formula is C18H36N2S. The third-order valence-corrected chi connectivity index (χ3v) is 6.58. The minimum Gasteiger partial charge on any atom is -0.311 e.